The van der Waals surface area contributed by atoms with Gasteiger partial charge in [0.25, 0.3) is 5.56 Å². The molecular formula is C23H33N5O. The number of H-pyrrole nitrogens is 1. The van der Waals surface area contributed by atoms with Crippen molar-refractivity contribution in [1.82, 2.24) is 24.1 Å². The average Bonchev–Trinajstić information content (AvgIpc) is 3.22. The van der Waals surface area contributed by atoms with Crippen molar-refractivity contribution >= 4 is 5.52 Å². The van der Waals surface area contributed by atoms with Gasteiger partial charge in [0, 0.05) is 18.7 Å². The Kier molecular flexibility index (Phi) is 4.91. The molecule has 0 bridgehead atoms. The van der Waals surface area contributed by atoms with Gasteiger partial charge in [-0.05, 0) is 62.5 Å². The summed E-state index contributed by atoms with van der Waals surface area (Å²) in [6.45, 7) is 11.1. The smallest absolute Gasteiger partial charge is 0.277 e. The molecule has 6 nitrogen and oxygen atoms in total. The van der Waals surface area contributed by atoms with Gasteiger partial charge in [-0.2, -0.15) is 0 Å². The summed E-state index contributed by atoms with van der Waals surface area (Å²) in [5, 5.41) is 4.87. The highest BCUT2D eigenvalue weighted by Crippen LogP contribution is 2.43. The molecule has 29 heavy (non-hydrogen) atoms. The lowest BCUT2D eigenvalue weighted by Crippen LogP contribution is -2.26. The monoisotopic (exact) mass is 395 g/mol. The van der Waals surface area contributed by atoms with Gasteiger partial charge in [-0.1, -0.05) is 27.7 Å². The van der Waals surface area contributed by atoms with Gasteiger partial charge < -0.3 is 9.55 Å². The molecule has 0 unspecified atom stereocenters. The molecule has 1 saturated carbocycles. The number of nitrogens with zero attached hydrogens (tertiary/aromatic N) is 4. The van der Waals surface area contributed by atoms with Crippen LogP contribution in [-0.2, 0) is 13.5 Å². The van der Waals surface area contributed by atoms with E-state index >= 15 is 0 Å². The van der Waals surface area contributed by atoms with Gasteiger partial charge in [-0.25, -0.2) is 9.50 Å². The van der Waals surface area contributed by atoms with Crippen molar-refractivity contribution in [3.63, 3.8) is 0 Å². The van der Waals surface area contributed by atoms with Crippen LogP contribution >= 0.6 is 0 Å². The molecule has 3 aromatic rings. The Hall–Kier alpha value is -2.37. The van der Waals surface area contributed by atoms with Gasteiger partial charge >= 0.3 is 0 Å². The first kappa shape index (κ1) is 19.9. The second-order valence-corrected chi connectivity index (χ2v) is 9.67. The van der Waals surface area contributed by atoms with Crippen molar-refractivity contribution in [3.8, 4) is 11.5 Å². The van der Waals surface area contributed by atoms with Crippen LogP contribution in [0.15, 0.2) is 16.9 Å². The number of nitrogens with one attached hydrogen (secondary N) is 1. The van der Waals surface area contributed by atoms with Crippen LogP contribution in [0.1, 0.15) is 76.5 Å². The standard InChI is InChI=1S/C23H33N5O/c1-7-17-19-22(29)25-20(18-13-8-14(2)27(18)6)26-28(19)21(24-17)15-9-11-16(12-10-15)23(3,4)5/h8,13,15-16H,7,9-12H2,1-6H3,(H,25,26,29). The number of aromatic nitrogens is 5. The van der Waals surface area contributed by atoms with E-state index in [2.05, 4.69) is 37.2 Å². The number of fused-ring (bicyclic) bond motifs is 1. The number of hydrogen-bond acceptors (Lipinski definition) is 3. The zero-order valence-corrected chi connectivity index (χ0v) is 18.5. The highest BCUT2D eigenvalue weighted by atomic mass is 16.1. The van der Waals surface area contributed by atoms with Gasteiger partial charge in [0.1, 0.15) is 5.82 Å². The summed E-state index contributed by atoms with van der Waals surface area (Å²) in [6.07, 6.45) is 5.36. The third kappa shape index (κ3) is 3.43. The molecule has 6 heteroatoms. The summed E-state index contributed by atoms with van der Waals surface area (Å²) in [5.74, 6) is 2.66. The minimum absolute atomic E-state index is 0.104. The molecule has 0 radical (unpaired) electrons. The zero-order valence-electron chi connectivity index (χ0n) is 18.5. The van der Waals surface area contributed by atoms with Crippen LogP contribution in [0.25, 0.3) is 17.0 Å². The first-order valence-corrected chi connectivity index (χ1v) is 10.8. The molecule has 4 rings (SSSR count). The van der Waals surface area contributed by atoms with Crippen molar-refractivity contribution < 1.29 is 0 Å². The van der Waals surface area contributed by atoms with Crippen LogP contribution < -0.4 is 5.56 Å². The maximum atomic E-state index is 13.0. The largest absolute Gasteiger partial charge is 0.345 e. The third-order valence-corrected chi connectivity index (χ3v) is 6.87. The fraction of sp³-hybridized carbons (Fsp3) is 0.609. The minimum atomic E-state index is -0.104. The van der Waals surface area contributed by atoms with Crippen LogP contribution in [0.5, 0.6) is 0 Å². The molecule has 1 aliphatic carbocycles. The Morgan fingerprint density at radius 1 is 1.17 bits per heavy atom. The highest BCUT2D eigenvalue weighted by molar-refractivity contribution is 5.56. The first-order chi connectivity index (χ1) is 13.7. The molecule has 0 saturated heterocycles. The summed E-state index contributed by atoms with van der Waals surface area (Å²) in [6, 6.07) is 4.05. The second-order valence-electron chi connectivity index (χ2n) is 9.67. The fourth-order valence-corrected chi connectivity index (χ4v) is 4.79. The van der Waals surface area contributed by atoms with E-state index in [0.29, 0.717) is 22.7 Å². The summed E-state index contributed by atoms with van der Waals surface area (Å²) in [5.41, 5.74) is 3.74. The molecule has 1 fully saturated rings. The molecule has 156 valence electrons. The molecule has 3 heterocycles. The molecular weight excluding hydrogens is 362 g/mol. The molecule has 0 aliphatic heterocycles. The van der Waals surface area contributed by atoms with E-state index < -0.39 is 0 Å². The lowest BCUT2D eigenvalue weighted by Gasteiger charge is -2.36. The van der Waals surface area contributed by atoms with E-state index in [1.807, 2.05) is 30.6 Å². The molecule has 0 atom stereocenters. The van der Waals surface area contributed by atoms with E-state index in [4.69, 9.17) is 10.1 Å². The van der Waals surface area contributed by atoms with Gasteiger partial charge in [0.15, 0.2) is 11.3 Å². The van der Waals surface area contributed by atoms with E-state index in [1.54, 1.807) is 0 Å². The zero-order chi connectivity index (χ0) is 20.9. The Bertz CT molecular complexity index is 1090. The maximum Gasteiger partial charge on any atom is 0.277 e. The van der Waals surface area contributed by atoms with Crippen LogP contribution in [-0.4, -0.2) is 24.1 Å². The normalized spacial score (nSPS) is 20.5. The minimum Gasteiger partial charge on any atom is -0.345 e. The van der Waals surface area contributed by atoms with Crippen LogP contribution in [0.4, 0.5) is 0 Å². The average molecular weight is 396 g/mol. The molecule has 0 spiro atoms. The topological polar surface area (TPSA) is 68.0 Å². The number of hydrogen-bond donors (Lipinski definition) is 1. The summed E-state index contributed by atoms with van der Waals surface area (Å²) in [4.78, 5) is 20.9. The molecule has 0 aromatic carbocycles. The Labute approximate surface area is 172 Å². The molecule has 1 aliphatic rings. The third-order valence-electron chi connectivity index (χ3n) is 6.87. The first-order valence-electron chi connectivity index (χ1n) is 10.8. The van der Waals surface area contributed by atoms with Crippen molar-refractivity contribution in [2.45, 2.75) is 72.6 Å². The van der Waals surface area contributed by atoms with Crippen molar-refractivity contribution in [1.29, 1.82) is 0 Å². The van der Waals surface area contributed by atoms with Gasteiger partial charge in [-0.15, -0.1) is 5.10 Å². The molecule has 3 aromatic heterocycles. The van der Waals surface area contributed by atoms with Gasteiger partial charge in [-0.3, -0.25) is 4.79 Å². The van der Waals surface area contributed by atoms with E-state index in [1.165, 1.54) is 12.8 Å². The van der Waals surface area contributed by atoms with Gasteiger partial charge in [0.05, 0.1) is 11.4 Å². The second kappa shape index (κ2) is 7.15. The Balaban J connectivity index is 1.79. The quantitative estimate of drug-likeness (QED) is 0.704. The predicted molar refractivity (Wildman–Crippen MR) is 116 cm³/mol. The number of imidazole rings is 1. The van der Waals surface area contributed by atoms with E-state index in [0.717, 1.165) is 48.1 Å². The van der Waals surface area contributed by atoms with Crippen molar-refractivity contribution in [2.75, 3.05) is 0 Å². The number of aromatic amines is 1. The maximum absolute atomic E-state index is 13.0. The highest BCUT2D eigenvalue weighted by Gasteiger charge is 2.32. The fourth-order valence-electron chi connectivity index (χ4n) is 4.79. The molecule has 1 N–H and O–H groups in total. The summed E-state index contributed by atoms with van der Waals surface area (Å²) < 4.78 is 3.90. The van der Waals surface area contributed by atoms with Crippen LogP contribution in [0, 0.1) is 18.3 Å². The van der Waals surface area contributed by atoms with E-state index in [-0.39, 0.29) is 5.56 Å². The molecule has 0 amide bonds. The van der Waals surface area contributed by atoms with Crippen LogP contribution in [0.3, 0.4) is 0 Å². The summed E-state index contributed by atoms with van der Waals surface area (Å²) in [7, 11) is 1.99. The van der Waals surface area contributed by atoms with Crippen molar-refractivity contribution in [3.05, 3.63) is 39.7 Å². The predicted octanol–water partition coefficient (Wildman–Crippen LogP) is 4.61. The summed E-state index contributed by atoms with van der Waals surface area (Å²) >= 11 is 0. The Morgan fingerprint density at radius 2 is 1.86 bits per heavy atom. The number of rotatable bonds is 3. The Morgan fingerprint density at radius 3 is 2.41 bits per heavy atom. The van der Waals surface area contributed by atoms with Crippen LogP contribution in [0.2, 0.25) is 0 Å². The van der Waals surface area contributed by atoms with E-state index in [9.17, 15) is 4.79 Å². The van der Waals surface area contributed by atoms with Crippen molar-refractivity contribution in [2.24, 2.45) is 18.4 Å². The van der Waals surface area contributed by atoms with Gasteiger partial charge in [0.2, 0.25) is 0 Å². The number of aryl methyl sites for hydroxylation is 2. The lowest BCUT2D eigenvalue weighted by molar-refractivity contribution is 0.167. The SMILES string of the molecule is CCc1nc(C2CCC(C(C)(C)C)CC2)n2nc(-c3ccc(C)n3C)[nH]c(=O)c12. The lowest BCUT2D eigenvalue weighted by atomic mass is 9.70.